The molecular formula is C21H32N4O2. The molecule has 148 valence electrons. The van der Waals surface area contributed by atoms with Gasteiger partial charge in [-0.15, -0.1) is 0 Å². The van der Waals surface area contributed by atoms with Crippen molar-refractivity contribution in [3.8, 4) is 5.75 Å². The Labute approximate surface area is 162 Å². The van der Waals surface area contributed by atoms with Crippen LogP contribution in [0.25, 0.3) is 0 Å². The molecule has 1 amide bonds. The summed E-state index contributed by atoms with van der Waals surface area (Å²) in [6, 6.07) is 8.28. The van der Waals surface area contributed by atoms with Crippen molar-refractivity contribution in [1.29, 1.82) is 0 Å². The lowest BCUT2D eigenvalue weighted by Gasteiger charge is -2.21. The number of aryl methyl sites for hydroxylation is 1. The molecule has 1 aliphatic heterocycles. The number of para-hydroxylation sites is 1. The molecule has 2 aliphatic rings. The molecule has 1 aromatic carbocycles. The molecule has 0 aromatic heterocycles. The number of hydrogen-bond donors (Lipinski definition) is 2. The Hall–Kier alpha value is -2.24. The highest BCUT2D eigenvalue weighted by Crippen LogP contribution is 2.27. The molecule has 0 radical (unpaired) electrons. The van der Waals surface area contributed by atoms with Gasteiger partial charge in [0.15, 0.2) is 5.96 Å². The summed E-state index contributed by atoms with van der Waals surface area (Å²) in [5.41, 5.74) is 1.14. The smallest absolute Gasteiger partial charge is 0.225 e. The van der Waals surface area contributed by atoms with Crippen LogP contribution in [0.4, 0.5) is 0 Å². The van der Waals surface area contributed by atoms with Crippen molar-refractivity contribution in [3.05, 3.63) is 29.8 Å². The number of benzene rings is 1. The quantitative estimate of drug-likeness (QED) is 0.457. The van der Waals surface area contributed by atoms with E-state index in [9.17, 15) is 4.79 Å². The molecule has 27 heavy (non-hydrogen) atoms. The van der Waals surface area contributed by atoms with E-state index in [1.54, 1.807) is 7.05 Å². The van der Waals surface area contributed by atoms with Crippen LogP contribution in [-0.4, -0.2) is 56.1 Å². The first kappa shape index (κ1) is 19.5. The molecule has 1 heterocycles. The highest BCUT2D eigenvalue weighted by molar-refractivity contribution is 5.81. The minimum absolute atomic E-state index is 0.263. The fourth-order valence-corrected chi connectivity index (χ4v) is 3.95. The van der Waals surface area contributed by atoms with Gasteiger partial charge in [0.2, 0.25) is 5.91 Å². The molecule has 6 heteroatoms. The summed E-state index contributed by atoms with van der Waals surface area (Å²) in [6.07, 6.45) is 5.51. The van der Waals surface area contributed by atoms with Crippen LogP contribution < -0.4 is 15.4 Å². The number of carbonyl (C=O) groups is 1. The van der Waals surface area contributed by atoms with E-state index in [4.69, 9.17) is 4.74 Å². The van der Waals surface area contributed by atoms with E-state index in [1.807, 2.05) is 36.1 Å². The van der Waals surface area contributed by atoms with Gasteiger partial charge in [-0.2, -0.15) is 0 Å². The Morgan fingerprint density at radius 2 is 2.04 bits per heavy atom. The number of rotatable bonds is 6. The normalized spacial score (nSPS) is 20.7. The Morgan fingerprint density at radius 1 is 1.26 bits per heavy atom. The lowest BCUT2D eigenvalue weighted by atomic mass is 10.1. The van der Waals surface area contributed by atoms with Gasteiger partial charge >= 0.3 is 0 Å². The van der Waals surface area contributed by atoms with Crippen LogP contribution in [0, 0.1) is 12.8 Å². The maximum Gasteiger partial charge on any atom is 0.225 e. The molecule has 1 aromatic rings. The van der Waals surface area contributed by atoms with Crippen LogP contribution in [0.2, 0.25) is 0 Å². The number of aliphatic imine (C=N–C) groups is 1. The van der Waals surface area contributed by atoms with Gasteiger partial charge in [0.1, 0.15) is 12.4 Å². The minimum Gasteiger partial charge on any atom is -0.491 e. The van der Waals surface area contributed by atoms with Crippen LogP contribution in [0.15, 0.2) is 29.3 Å². The minimum atomic E-state index is 0.263. The van der Waals surface area contributed by atoms with Crippen LogP contribution >= 0.6 is 0 Å². The fraction of sp³-hybridized carbons (Fsp3) is 0.619. The third kappa shape index (κ3) is 5.37. The van der Waals surface area contributed by atoms with E-state index in [0.717, 1.165) is 49.6 Å². The summed E-state index contributed by atoms with van der Waals surface area (Å²) in [4.78, 5) is 18.9. The van der Waals surface area contributed by atoms with Crippen molar-refractivity contribution in [1.82, 2.24) is 15.5 Å². The largest absolute Gasteiger partial charge is 0.491 e. The second-order valence-electron chi connectivity index (χ2n) is 7.51. The number of ether oxygens (including phenoxy) is 1. The number of guanidine groups is 1. The summed E-state index contributed by atoms with van der Waals surface area (Å²) < 4.78 is 5.81. The molecular weight excluding hydrogens is 340 g/mol. The van der Waals surface area contributed by atoms with Crippen LogP contribution in [0.3, 0.4) is 0 Å². The molecule has 0 spiro atoms. The lowest BCUT2D eigenvalue weighted by molar-refractivity contribution is -0.134. The monoisotopic (exact) mass is 372 g/mol. The summed E-state index contributed by atoms with van der Waals surface area (Å²) in [5.74, 6) is 2.30. The third-order valence-corrected chi connectivity index (χ3v) is 5.51. The van der Waals surface area contributed by atoms with Crippen LogP contribution in [0.5, 0.6) is 5.75 Å². The second kappa shape index (κ2) is 9.62. The Kier molecular flexibility index (Phi) is 6.96. The number of carbonyl (C=O) groups excluding carboxylic acids is 1. The van der Waals surface area contributed by atoms with Crippen LogP contribution in [-0.2, 0) is 4.79 Å². The van der Waals surface area contributed by atoms with Gasteiger partial charge in [0.05, 0.1) is 6.54 Å². The molecule has 0 bridgehead atoms. The molecule has 2 fully saturated rings. The molecule has 1 saturated heterocycles. The van der Waals surface area contributed by atoms with Gasteiger partial charge in [-0.1, -0.05) is 31.0 Å². The summed E-state index contributed by atoms with van der Waals surface area (Å²) >= 11 is 0. The Morgan fingerprint density at radius 3 is 2.78 bits per heavy atom. The number of amides is 1. The zero-order chi connectivity index (χ0) is 19.1. The topological polar surface area (TPSA) is 66.0 Å². The van der Waals surface area contributed by atoms with E-state index in [2.05, 4.69) is 15.6 Å². The van der Waals surface area contributed by atoms with Crippen molar-refractivity contribution < 1.29 is 9.53 Å². The number of nitrogens with one attached hydrogen (secondary N) is 2. The maximum atomic E-state index is 12.6. The molecule has 1 saturated carbocycles. The molecule has 1 unspecified atom stereocenters. The highest BCUT2D eigenvalue weighted by atomic mass is 16.5. The molecule has 3 rings (SSSR count). The molecule has 6 nitrogen and oxygen atoms in total. The maximum absolute atomic E-state index is 12.6. The number of hydrogen-bond acceptors (Lipinski definition) is 3. The van der Waals surface area contributed by atoms with Crippen LogP contribution in [0.1, 0.15) is 37.7 Å². The van der Waals surface area contributed by atoms with Gasteiger partial charge in [-0.3, -0.25) is 9.79 Å². The molecule has 2 N–H and O–H groups in total. The average molecular weight is 373 g/mol. The zero-order valence-corrected chi connectivity index (χ0v) is 16.5. The van der Waals surface area contributed by atoms with E-state index in [-0.39, 0.29) is 12.0 Å². The Bertz CT molecular complexity index is 655. The second-order valence-corrected chi connectivity index (χ2v) is 7.51. The zero-order valence-electron chi connectivity index (χ0n) is 16.5. The lowest BCUT2D eigenvalue weighted by Crippen LogP contribution is -2.46. The molecule has 1 aliphatic carbocycles. The Balaban J connectivity index is 1.37. The predicted molar refractivity (Wildman–Crippen MR) is 108 cm³/mol. The molecule has 1 atom stereocenters. The van der Waals surface area contributed by atoms with Gasteiger partial charge in [0, 0.05) is 32.1 Å². The van der Waals surface area contributed by atoms with Gasteiger partial charge in [-0.05, 0) is 37.8 Å². The van der Waals surface area contributed by atoms with Crippen molar-refractivity contribution in [2.24, 2.45) is 10.9 Å². The predicted octanol–water partition coefficient (Wildman–Crippen LogP) is 2.33. The average Bonchev–Trinajstić information content (AvgIpc) is 3.37. The number of likely N-dealkylation sites (tertiary alicyclic amines) is 1. The van der Waals surface area contributed by atoms with Crippen molar-refractivity contribution in [2.45, 2.75) is 45.1 Å². The van der Waals surface area contributed by atoms with E-state index in [1.165, 1.54) is 12.8 Å². The van der Waals surface area contributed by atoms with Crippen molar-refractivity contribution >= 4 is 11.9 Å². The van der Waals surface area contributed by atoms with Gasteiger partial charge in [-0.25, -0.2) is 0 Å². The van der Waals surface area contributed by atoms with Gasteiger partial charge < -0.3 is 20.3 Å². The highest BCUT2D eigenvalue weighted by Gasteiger charge is 2.32. The van der Waals surface area contributed by atoms with Gasteiger partial charge in [0.25, 0.3) is 0 Å². The van der Waals surface area contributed by atoms with Crippen molar-refractivity contribution in [2.75, 3.05) is 33.3 Å². The van der Waals surface area contributed by atoms with E-state index in [0.29, 0.717) is 19.1 Å². The first-order valence-corrected chi connectivity index (χ1v) is 10.1. The fourth-order valence-electron chi connectivity index (χ4n) is 3.95. The summed E-state index contributed by atoms with van der Waals surface area (Å²) in [6.45, 7) is 4.91. The SMILES string of the molecule is CN=C(NCCOc1ccccc1C)NC1CCN(C(=O)C2CCCC2)C1. The summed E-state index contributed by atoms with van der Waals surface area (Å²) in [7, 11) is 1.77. The van der Waals surface area contributed by atoms with Crippen molar-refractivity contribution in [3.63, 3.8) is 0 Å². The standard InChI is InChI=1S/C21H32N4O2/c1-16-7-3-6-10-19(16)27-14-12-23-21(22-2)24-18-11-13-25(15-18)20(26)17-8-4-5-9-17/h3,6-7,10,17-18H,4-5,8-9,11-15H2,1-2H3,(H2,22,23,24). The number of nitrogens with zero attached hydrogens (tertiary/aromatic N) is 2. The van der Waals surface area contributed by atoms with E-state index >= 15 is 0 Å². The first-order chi connectivity index (χ1) is 13.2. The third-order valence-electron chi connectivity index (χ3n) is 5.51. The summed E-state index contributed by atoms with van der Waals surface area (Å²) in [5, 5.41) is 6.74. The first-order valence-electron chi connectivity index (χ1n) is 10.1. The van der Waals surface area contributed by atoms with E-state index < -0.39 is 0 Å².